The van der Waals surface area contributed by atoms with Crippen LogP contribution >= 0.6 is 0 Å². The van der Waals surface area contributed by atoms with Gasteiger partial charge in [0.15, 0.2) is 0 Å². The fourth-order valence-electron chi connectivity index (χ4n) is 3.34. The number of ether oxygens (including phenoxy) is 1. The molecule has 0 amide bonds. The molecule has 0 radical (unpaired) electrons. The third-order valence-corrected chi connectivity index (χ3v) is 4.42. The average molecular weight is 245 g/mol. The average Bonchev–Trinajstić information content (AvgIpc) is 3.02. The smallest absolute Gasteiger partial charge is 0.0503 e. The Bertz CT molecular complexity index is 378. The van der Waals surface area contributed by atoms with Gasteiger partial charge in [-0.1, -0.05) is 30.3 Å². The van der Waals surface area contributed by atoms with Crippen LogP contribution in [0.3, 0.4) is 0 Å². The van der Waals surface area contributed by atoms with Crippen molar-refractivity contribution in [3.63, 3.8) is 0 Å². The first-order valence-corrected chi connectivity index (χ1v) is 7.13. The second-order valence-corrected chi connectivity index (χ2v) is 5.88. The highest BCUT2D eigenvalue weighted by atomic mass is 16.5. The lowest BCUT2D eigenvalue weighted by Crippen LogP contribution is -2.24. The van der Waals surface area contributed by atoms with E-state index in [1.165, 1.54) is 38.0 Å². The molecule has 1 saturated carbocycles. The molecule has 3 rings (SSSR count). The van der Waals surface area contributed by atoms with Gasteiger partial charge >= 0.3 is 0 Å². The summed E-state index contributed by atoms with van der Waals surface area (Å²) in [5.74, 6) is 2.49. The van der Waals surface area contributed by atoms with Gasteiger partial charge in [0.05, 0.1) is 6.61 Å². The first kappa shape index (κ1) is 12.2. The van der Waals surface area contributed by atoms with Gasteiger partial charge in [-0.15, -0.1) is 0 Å². The van der Waals surface area contributed by atoms with Crippen LogP contribution in [0.15, 0.2) is 30.3 Å². The maximum Gasteiger partial charge on any atom is 0.0503 e. The minimum Gasteiger partial charge on any atom is -0.384 e. The van der Waals surface area contributed by atoms with Crippen LogP contribution in [0.2, 0.25) is 0 Å². The van der Waals surface area contributed by atoms with Gasteiger partial charge in [0.1, 0.15) is 0 Å². The summed E-state index contributed by atoms with van der Waals surface area (Å²) < 4.78 is 5.26. The quantitative estimate of drug-likeness (QED) is 0.791. The first-order chi connectivity index (χ1) is 8.86. The van der Waals surface area contributed by atoms with Crippen molar-refractivity contribution < 1.29 is 4.74 Å². The Balaban J connectivity index is 1.46. The molecule has 0 bridgehead atoms. The molecule has 1 saturated heterocycles. The van der Waals surface area contributed by atoms with Crippen LogP contribution < -0.4 is 0 Å². The van der Waals surface area contributed by atoms with E-state index in [0.717, 1.165) is 24.4 Å². The van der Waals surface area contributed by atoms with Crippen molar-refractivity contribution in [2.24, 2.45) is 11.8 Å². The molecule has 2 aliphatic rings. The number of rotatable bonds is 5. The Morgan fingerprint density at radius 2 is 2.11 bits per heavy atom. The Kier molecular flexibility index (Phi) is 3.67. The van der Waals surface area contributed by atoms with E-state index in [2.05, 4.69) is 35.2 Å². The van der Waals surface area contributed by atoms with Gasteiger partial charge in [-0.25, -0.2) is 0 Å². The van der Waals surface area contributed by atoms with Gasteiger partial charge in [-0.3, -0.25) is 0 Å². The van der Waals surface area contributed by atoms with E-state index >= 15 is 0 Å². The largest absolute Gasteiger partial charge is 0.384 e. The second kappa shape index (κ2) is 5.41. The molecule has 0 unspecified atom stereocenters. The fraction of sp³-hybridized carbons (Fsp3) is 0.625. The van der Waals surface area contributed by atoms with E-state index < -0.39 is 0 Å². The van der Waals surface area contributed by atoms with Crippen molar-refractivity contribution in [3.8, 4) is 0 Å². The van der Waals surface area contributed by atoms with Crippen molar-refractivity contribution in [2.45, 2.75) is 18.8 Å². The predicted molar refractivity (Wildman–Crippen MR) is 73.7 cm³/mol. The molecule has 2 heteroatoms. The highest BCUT2D eigenvalue weighted by Gasteiger charge is 2.40. The molecular weight excluding hydrogens is 222 g/mol. The summed E-state index contributed by atoms with van der Waals surface area (Å²) in [5.41, 5.74) is 1.54. The zero-order chi connectivity index (χ0) is 12.4. The topological polar surface area (TPSA) is 12.5 Å². The highest BCUT2D eigenvalue weighted by Crippen LogP contribution is 2.48. The molecule has 1 aromatic rings. The summed E-state index contributed by atoms with van der Waals surface area (Å²) in [4.78, 5) is 2.64. The number of hydrogen-bond acceptors (Lipinski definition) is 2. The lowest BCUT2D eigenvalue weighted by Gasteiger charge is -2.15. The summed E-state index contributed by atoms with van der Waals surface area (Å²) in [6.45, 7) is 4.74. The molecule has 1 aliphatic heterocycles. The zero-order valence-electron chi connectivity index (χ0n) is 11.2. The van der Waals surface area contributed by atoms with Crippen molar-refractivity contribution in [2.75, 3.05) is 33.4 Å². The maximum absolute atomic E-state index is 5.26. The SMILES string of the molecule is COC[C@H]1CCN(C[C@@H]2C[C@H]2c2ccccc2)C1. The minimum absolute atomic E-state index is 0.768. The molecule has 0 N–H and O–H groups in total. The Labute approximate surface area is 110 Å². The summed E-state index contributed by atoms with van der Waals surface area (Å²) in [7, 11) is 1.81. The Morgan fingerprint density at radius 3 is 2.89 bits per heavy atom. The molecule has 1 aromatic carbocycles. The van der Waals surface area contributed by atoms with E-state index in [1.54, 1.807) is 0 Å². The molecule has 3 atom stereocenters. The molecule has 1 heterocycles. The van der Waals surface area contributed by atoms with Crippen molar-refractivity contribution in [1.82, 2.24) is 4.90 Å². The van der Waals surface area contributed by atoms with Crippen molar-refractivity contribution in [1.29, 1.82) is 0 Å². The third-order valence-electron chi connectivity index (χ3n) is 4.42. The number of methoxy groups -OCH3 is 1. The summed E-state index contributed by atoms with van der Waals surface area (Å²) in [5, 5.41) is 0. The molecule has 0 aromatic heterocycles. The molecular formula is C16H23NO. The van der Waals surface area contributed by atoms with Crippen molar-refractivity contribution in [3.05, 3.63) is 35.9 Å². The van der Waals surface area contributed by atoms with Crippen LogP contribution in [0.5, 0.6) is 0 Å². The van der Waals surface area contributed by atoms with E-state index in [9.17, 15) is 0 Å². The fourth-order valence-corrected chi connectivity index (χ4v) is 3.34. The van der Waals surface area contributed by atoms with Gasteiger partial charge in [-0.05, 0) is 42.7 Å². The highest BCUT2D eigenvalue weighted by molar-refractivity contribution is 5.25. The van der Waals surface area contributed by atoms with Crippen LogP contribution in [0, 0.1) is 11.8 Å². The molecule has 2 fully saturated rings. The molecule has 0 spiro atoms. The van der Waals surface area contributed by atoms with Crippen LogP contribution in [-0.4, -0.2) is 38.3 Å². The van der Waals surface area contributed by atoms with Gasteiger partial charge in [0, 0.05) is 20.2 Å². The summed E-state index contributed by atoms with van der Waals surface area (Å²) >= 11 is 0. The van der Waals surface area contributed by atoms with Crippen LogP contribution in [0.4, 0.5) is 0 Å². The predicted octanol–water partition coefficient (Wildman–Crippen LogP) is 2.76. The monoisotopic (exact) mass is 245 g/mol. The lowest BCUT2D eigenvalue weighted by atomic mass is 10.1. The van der Waals surface area contributed by atoms with E-state index in [1.807, 2.05) is 7.11 Å². The van der Waals surface area contributed by atoms with Gasteiger partial charge < -0.3 is 9.64 Å². The van der Waals surface area contributed by atoms with E-state index in [-0.39, 0.29) is 0 Å². The third kappa shape index (κ3) is 2.76. The maximum atomic E-state index is 5.26. The summed E-state index contributed by atoms with van der Waals surface area (Å²) in [6.07, 6.45) is 2.70. The standard InChI is InChI=1S/C16H23NO/c1-18-12-13-7-8-17(10-13)11-15-9-16(15)14-5-3-2-4-6-14/h2-6,13,15-16H,7-12H2,1H3/t13-,15-,16-/m0/s1. The molecule has 98 valence electrons. The van der Waals surface area contributed by atoms with Crippen molar-refractivity contribution >= 4 is 0 Å². The Hall–Kier alpha value is -0.860. The number of hydrogen-bond donors (Lipinski definition) is 0. The van der Waals surface area contributed by atoms with Crippen LogP contribution in [0.25, 0.3) is 0 Å². The molecule has 2 nitrogen and oxygen atoms in total. The number of likely N-dealkylation sites (tertiary alicyclic amines) is 1. The first-order valence-electron chi connectivity index (χ1n) is 7.13. The van der Waals surface area contributed by atoms with E-state index in [0.29, 0.717) is 0 Å². The summed E-state index contributed by atoms with van der Waals surface area (Å²) in [6, 6.07) is 11.0. The normalized spacial score (nSPS) is 31.7. The van der Waals surface area contributed by atoms with E-state index in [4.69, 9.17) is 4.74 Å². The lowest BCUT2D eigenvalue weighted by molar-refractivity contribution is 0.152. The van der Waals surface area contributed by atoms with Crippen LogP contribution in [0.1, 0.15) is 24.3 Å². The van der Waals surface area contributed by atoms with Crippen LogP contribution in [-0.2, 0) is 4.74 Å². The van der Waals surface area contributed by atoms with Gasteiger partial charge in [0.25, 0.3) is 0 Å². The van der Waals surface area contributed by atoms with Gasteiger partial charge in [-0.2, -0.15) is 0 Å². The molecule has 18 heavy (non-hydrogen) atoms. The Morgan fingerprint density at radius 1 is 1.28 bits per heavy atom. The second-order valence-electron chi connectivity index (χ2n) is 5.88. The number of nitrogens with zero attached hydrogens (tertiary/aromatic N) is 1. The molecule has 1 aliphatic carbocycles. The van der Waals surface area contributed by atoms with Gasteiger partial charge in [0.2, 0.25) is 0 Å². The number of benzene rings is 1. The minimum atomic E-state index is 0.768. The zero-order valence-corrected chi connectivity index (χ0v) is 11.2.